The van der Waals surface area contributed by atoms with Gasteiger partial charge in [0.25, 0.3) is 0 Å². The van der Waals surface area contributed by atoms with Crippen LogP contribution in [0.5, 0.6) is 0 Å². The lowest BCUT2D eigenvalue weighted by Gasteiger charge is -2.35. The molecule has 0 radical (unpaired) electrons. The number of hydrogen-bond acceptors (Lipinski definition) is 1. The molecule has 1 fully saturated rings. The van der Waals surface area contributed by atoms with E-state index in [1.807, 2.05) is 60.7 Å². The third kappa shape index (κ3) is 4.14. The Kier molecular flexibility index (Phi) is 6.23. The van der Waals surface area contributed by atoms with Gasteiger partial charge in [-0.3, -0.25) is 0 Å². The summed E-state index contributed by atoms with van der Waals surface area (Å²) in [5, 5.41) is 11.5. The number of quaternary nitrogens is 1. The SMILES string of the molecule is C[N+]1(CCC(O)(c2ccccc2)c2ccccc2)CCCC1.[I-]. The summed E-state index contributed by atoms with van der Waals surface area (Å²) in [7, 11) is 2.32. The number of nitrogens with zero attached hydrogens (tertiary/aromatic N) is 1. The van der Waals surface area contributed by atoms with Gasteiger partial charge in [-0.05, 0) is 11.1 Å². The minimum atomic E-state index is -0.896. The summed E-state index contributed by atoms with van der Waals surface area (Å²) in [5.74, 6) is 0. The first-order valence-corrected chi connectivity index (χ1v) is 8.29. The Hall–Kier alpha value is -0.910. The van der Waals surface area contributed by atoms with Crippen molar-refractivity contribution in [1.29, 1.82) is 0 Å². The van der Waals surface area contributed by atoms with E-state index in [1.54, 1.807) is 0 Å². The highest BCUT2D eigenvalue weighted by Gasteiger charge is 2.36. The third-order valence-corrected chi connectivity index (χ3v) is 5.16. The van der Waals surface area contributed by atoms with Crippen molar-refractivity contribution in [1.82, 2.24) is 0 Å². The molecule has 2 aromatic rings. The van der Waals surface area contributed by atoms with Crippen molar-refractivity contribution in [3.8, 4) is 0 Å². The Bertz CT molecular complexity index is 554. The summed E-state index contributed by atoms with van der Waals surface area (Å²) in [5.41, 5.74) is 1.09. The van der Waals surface area contributed by atoms with Crippen LogP contribution in [0.1, 0.15) is 30.4 Å². The fourth-order valence-corrected chi connectivity index (χ4v) is 3.64. The lowest BCUT2D eigenvalue weighted by atomic mass is 9.83. The average Bonchev–Trinajstić information content (AvgIpc) is 3.01. The molecule has 3 rings (SSSR count). The Morgan fingerprint density at radius 3 is 1.74 bits per heavy atom. The molecule has 1 N–H and O–H groups in total. The topological polar surface area (TPSA) is 20.2 Å². The number of aliphatic hydroxyl groups is 1. The van der Waals surface area contributed by atoms with Crippen LogP contribution in [0.3, 0.4) is 0 Å². The maximum atomic E-state index is 11.5. The molecule has 1 aliphatic rings. The molecule has 0 unspecified atom stereocenters. The largest absolute Gasteiger partial charge is 1.00 e. The second-order valence-electron chi connectivity index (χ2n) is 6.84. The van der Waals surface area contributed by atoms with Crippen molar-refractivity contribution in [2.45, 2.75) is 24.9 Å². The highest BCUT2D eigenvalue weighted by molar-refractivity contribution is 5.35. The highest BCUT2D eigenvalue weighted by Crippen LogP contribution is 2.34. The van der Waals surface area contributed by atoms with E-state index in [1.165, 1.54) is 25.9 Å². The van der Waals surface area contributed by atoms with Gasteiger partial charge in [0.1, 0.15) is 5.60 Å². The molecule has 1 heterocycles. The van der Waals surface area contributed by atoms with Gasteiger partial charge in [0, 0.05) is 19.3 Å². The maximum absolute atomic E-state index is 11.5. The lowest BCUT2D eigenvalue weighted by Crippen LogP contribution is -3.00. The number of rotatable bonds is 5. The zero-order valence-electron chi connectivity index (χ0n) is 13.8. The minimum absolute atomic E-state index is 0. The quantitative estimate of drug-likeness (QED) is 0.551. The van der Waals surface area contributed by atoms with Crippen LogP contribution in [0.25, 0.3) is 0 Å². The normalized spacial score (nSPS) is 16.8. The molecule has 0 saturated carbocycles. The summed E-state index contributed by atoms with van der Waals surface area (Å²) >= 11 is 0. The molecule has 3 heteroatoms. The Balaban J connectivity index is 0.00000192. The van der Waals surface area contributed by atoms with Gasteiger partial charge in [0.2, 0.25) is 0 Å². The fourth-order valence-electron chi connectivity index (χ4n) is 3.64. The van der Waals surface area contributed by atoms with Crippen LogP contribution in [0.15, 0.2) is 60.7 Å². The number of likely N-dealkylation sites (tertiary alicyclic amines) is 1. The van der Waals surface area contributed by atoms with Crippen LogP contribution in [0.4, 0.5) is 0 Å². The molecule has 2 nitrogen and oxygen atoms in total. The molecular formula is C20H26INO. The molecule has 0 atom stereocenters. The molecule has 0 aromatic heterocycles. The van der Waals surface area contributed by atoms with Gasteiger partial charge < -0.3 is 33.6 Å². The van der Waals surface area contributed by atoms with E-state index in [0.29, 0.717) is 0 Å². The summed E-state index contributed by atoms with van der Waals surface area (Å²) < 4.78 is 1.09. The Morgan fingerprint density at radius 2 is 1.30 bits per heavy atom. The van der Waals surface area contributed by atoms with E-state index in [9.17, 15) is 5.11 Å². The maximum Gasteiger partial charge on any atom is 0.120 e. The zero-order valence-corrected chi connectivity index (χ0v) is 15.9. The van der Waals surface area contributed by atoms with Gasteiger partial charge >= 0.3 is 0 Å². The van der Waals surface area contributed by atoms with Crippen LogP contribution in [-0.2, 0) is 5.60 Å². The molecule has 0 amide bonds. The molecule has 2 aromatic carbocycles. The van der Waals surface area contributed by atoms with E-state index in [0.717, 1.165) is 28.6 Å². The first-order valence-electron chi connectivity index (χ1n) is 8.29. The molecule has 0 aliphatic carbocycles. The van der Waals surface area contributed by atoms with Crippen molar-refractivity contribution in [2.24, 2.45) is 0 Å². The van der Waals surface area contributed by atoms with E-state index in [-0.39, 0.29) is 24.0 Å². The molecule has 23 heavy (non-hydrogen) atoms. The van der Waals surface area contributed by atoms with Crippen LogP contribution < -0.4 is 24.0 Å². The summed E-state index contributed by atoms with van der Waals surface area (Å²) in [6.45, 7) is 3.49. The van der Waals surface area contributed by atoms with Gasteiger partial charge in [0.15, 0.2) is 0 Å². The van der Waals surface area contributed by atoms with Gasteiger partial charge in [0.05, 0.1) is 26.7 Å². The Morgan fingerprint density at radius 1 is 0.870 bits per heavy atom. The molecule has 124 valence electrons. The van der Waals surface area contributed by atoms with Crippen molar-refractivity contribution >= 4 is 0 Å². The number of benzene rings is 2. The van der Waals surface area contributed by atoms with Gasteiger partial charge in [-0.15, -0.1) is 0 Å². The summed E-state index contributed by atoms with van der Waals surface area (Å²) in [4.78, 5) is 0. The monoisotopic (exact) mass is 423 g/mol. The Labute approximate surface area is 156 Å². The van der Waals surface area contributed by atoms with Crippen LogP contribution in [0, 0.1) is 0 Å². The van der Waals surface area contributed by atoms with E-state index in [2.05, 4.69) is 7.05 Å². The summed E-state index contributed by atoms with van der Waals surface area (Å²) in [6.07, 6.45) is 3.38. The van der Waals surface area contributed by atoms with E-state index >= 15 is 0 Å². The first-order chi connectivity index (χ1) is 10.6. The number of halogens is 1. The van der Waals surface area contributed by atoms with Crippen LogP contribution in [0.2, 0.25) is 0 Å². The van der Waals surface area contributed by atoms with E-state index < -0.39 is 5.60 Å². The molecular weight excluding hydrogens is 397 g/mol. The van der Waals surface area contributed by atoms with Crippen LogP contribution >= 0.6 is 0 Å². The first kappa shape index (κ1) is 18.4. The third-order valence-electron chi connectivity index (χ3n) is 5.16. The van der Waals surface area contributed by atoms with Crippen molar-refractivity contribution < 1.29 is 33.6 Å². The predicted molar refractivity (Wildman–Crippen MR) is 90.5 cm³/mol. The zero-order chi connectivity index (χ0) is 15.5. The van der Waals surface area contributed by atoms with Crippen molar-refractivity contribution in [3.63, 3.8) is 0 Å². The summed E-state index contributed by atoms with van der Waals surface area (Å²) in [6, 6.07) is 20.2. The molecule has 1 saturated heterocycles. The number of hydrogen-bond donors (Lipinski definition) is 1. The van der Waals surface area contributed by atoms with E-state index in [4.69, 9.17) is 0 Å². The second kappa shape index (κ2) is 7.77. The second-order valence-corrected chi connectivity index (χ2v) is 6.84. The predicted octanol–water partition coefficient (Wildman–Crippen LogP) is 0.557. The smallest absolute Gasteiger partial charge is 0.120 e. The van der Waals surface area contributed by atoms with Gasteiger partial charge in [-0.2, -0.15) is 0 Å². The fraction of sp³-hybridized carbons (Fsp3) is 0.400. The molecule has 1 aliphatic heterocycles. The lowest BCUT2D eigenvalue weighted by molar-refractivity contribution is -0.898. The highest BCUT2D eigenvalue weighted by atomic mass is 127. The van der Waals surface area contributed by atoms with Crippen molar-refractivity contribution in [2.75, 3.05) is 26.7 Å². The van der Waals surface area contributed by atoms with Gasteiger partial charge in [-0.1, -0.05) is 60.7 Å². The molecule has 0 bridgehead atoms. The van der Waals surface area contributed by atoms with Gasteiger partial charge in [-0.25, -0.2) is 0 Å². The van der Waals surface area contributed by atoms with Crippen molar-refractivity contribution in [3.05, 3.63) is 71.8 Å². The average molecular weight is 423 g/mol. The minimum Gasteiger partial charge on any atom is -1.00 e. The molecule has 0 spiro atoms. The standard InChI is InChI=1S/C20H26NO.HI/c1-21(15-8-9-16-21)17-14-20(22,18-10-4-2-5-11-18)19-12-6-3-7-13-19;/h2-7,10-13,22H,8-9,14-17H2,1H3;1H/q+1;/p-1. The van der Waals surface area contributed by atoms with Crippen LogP contribution in [-0.4, -0.2) is 36.3 Å².